The molecule has 0 saturated carbocycles. The SMILES string of the molecule is Cc1cc(Cn2ccnc2)cc(Cn2ccnc2)c1O. The minimum Gasteiger partial charge on any atom is -0.507 e. The van der Waals surface area contributed by atoms with Crippen molar-refractivity contribution in [2.75, 3.05) is 0 Å². The Hall–Kier alpha value is -2.56. The molecule has 0 spiro atoms. The number of aryl methyl sites for hydroxylation is 1. The zero-order valence-corrected chi connectivity index (χ0v) is 11.3. The largest absolute Gasteiger partial charge is 0.507 e. The molecular weight excluding hydrogens is 252 g/mol. The Balaban J connectivity index is 1.90. The van der Waals surface area contributed by atoms with Crippen molar-refractivity contribution in [3.63, 3.8) is 0 Å². The normalized spacial score (nSPS) is 10.8. The van der Waals surface area contributed by atoms with Crippen LogP contribution in [0.25, 0.3) is 0 Å². The molecule has 1 aromatic carbocycles. The monoisotopic (exact) mass is 268 g/mol. The molecule has 0 fully saturated rings. The molecule has 0 aliphatic heterocycles. The van der Waals surface area contributed by atoms with Gasteiger partial charge in [-0.05, 0) is 24.1 Å². The third kappa shape index (κ3) is 2.56. The number of hydrogen-bond donors (Lipinski definition) is 1. The summed E-state index contributed by atoms with van der Waals surface area (Å²) in [6.45, 7) is 3.28. The van der Waals surface area contributed by atoms with Crippen molar-refractivity contribution in [3.05, 3.63) is 66.3 Å². The van der Waals surface area contributed by atoms with Crippen LogP contribution >= 0.6 is 0 Å². The van der Waals surface area contributed by atoms with Crippen LogP contribution in [0, 0.1) is 6.92 Å². The molecule has 102 valence electrons. The Morgan fingerprint density at radius 3 is 2.25 bits per heavy atom. The number of imidazole rings is 2. The molecule has 0 aliphatic rings. The number of aromatic nitrogens is 4. The fraction of sp³-hybridized carbons (Fsp3) is 0.200. The van der Waals surface area contributed by atoms with Gasteiger partial charge in [-0.2, -0.15) is 0 Å². The van der Waals surface area contributed by atoms with Crippen LogP contribution in [0.1, 0.15) is 16.7 Å². The molecule has 0 aliphatic carbocycles. The Morgan fingerprint density at radius 1 is 1.00 bits per heavy atom. The average Bonchev–Trinajstić information content (AvgIpc) is 3.08. The first-order chi connectivity index (χ1) is 9.72. The van der Waals surface area contributed by atoms with Crippen molar-refractivity contribution >= 4 is 0 Å². The quantitative estimate of drug-likeness (QED) is 0.789. The van der Waals surface area contributed by atoms with Gasteiger partial charge in [0.1, 0.15) is 5.75 Å². The summed E-state index contributed by atoms with van der Waals surface area (Å²) in [5, 5.41) is 10.2. The van der Waals surface area contributed by atoms with Crippen molar-refractivity contribution in [2.45, 2.75) is 20.0 Å². The van der Waals surface area contributed by atoms with E-state index in [4.69, 9.17) is 0 Å². The highest BCUT2D eigenvalue weighted by molar-refractivity contribution is 5.43. The van der Waals surface area contributed by atoms with Gasteiger partial charge in [-0.25, -0.2) is 9.97 Å². The number of phenols is 1. The lowest BCUT2D eigenvalue weighted by Gasteiger charge is -2.12. The lowest BCUT2D eigenvalue weighted by atomic mass is 10.0. The molecule has 5 nitrogen and oxygen atoms in total. The fourth-order valence-electron chi connectivity index (χ4n) is 2.31. The van der Waals surface area contributed by atoms with E-state index in [1.807, 2.05) is 40.6 Å². The summed E-state index contributed by atoms with van der Waals surface area (Å²) in [4.78, 5) is 8.07. The van der Waals surface area contributed by atoms with E-state index in [2.05, 4.69) is 9.97 Å². The van der Waals surface area contributed by atoms with Crippen LogP contribution in [0.5, 0.6) is 5.75 Å². The van der Waals surface area contributed by atoms with Gasteiger partial charge in [0.2, 0.25) is 0 Å². The van der Waals surface area contributed by atoms with Crippen molar-refractivity contribution in [1.82, 2.24) is 19.1 Å². The van der Waals surface area contributed by atoms with Crippen LogP contribution in [-0.2, 0) is 13.1 Å². The fourth-order valence-corrected chi connectivity index (χ4v) is 2.31. The molecule has 3 aromatic rings. The summed E-state index contributed by atoms with van der Waals surface area (Å²) < 4.78 is 3.95. The average molecular weight is 268 g/mol. The first-order valence-electron chi connectivity index (χ1n) is 6.45. The van der Waals surface area contributed by atoms with Gasteiger partial charge in [-0.15, -0.1) is 0 Å². The van der Waals surface area contributed by atoms with Crippen LogP contribution in [0.3, 0.4) is 0 Å². The van der Waals surface area contributed by atoms with Gasteiger partial charge >= 0.3 is 0 Å². The lowest BCUT2D eigenvalue weighted by molar-refractivity contribution is 0.461. The predicted octanol–water partition coefficient (Wildman–Crippen LogP) is 2.19. The van der Waals surface area contributed by atoms with Crippen molar-refractivity contribution < 1.29 is 5.11 Å². The van der Waals surface area contributed by atoms with Crippen molar-refractivity contribution in [2.24, 2.45) is 0 Å². The number of benzene rings is 1. The van der Waals surface area contributed by atoms with Crippen LogP contribution in [0.2, 0.25) is 0 Å². The predicted molar refractivity (Wildman–Crippen MR) is 75.5 cm³/mol. The van der Waals surface area contributed by atoms with Gasteiger partial charge in [0, 0.05) is 36.9 Å². The Kier molecular flexibility index (Phi) is 3.25. The smallest absolute Gasteiger partial charge is 0.123 e. The molecule has 1 N–H and O–H groups in total. The number of rotatable bonds is 4. The number of phenolic OH excluding ortho intramolecular Hbond substituents is 1. The van der Waals surface area contributed by atoms with Gasteiger partial charge in [0.15, 0.2) is 0 Å². The molecule has 0 bridgehead atoms. The van der Waals surface area contributed by atoms with Crippen LogP contribution in [0.4, 0.5) is 0 Å². The molecule has 2 aromatic heterocycles. The van der Waals surface area contributed by atoms with Crippen LogP contribution < -0.4 is 0 Å². The molecule has 0 saturated heterocycles. The highest BCUT2D eigenvalue weighted by Crippen LogP contribution is 2.25. The second-order valence-corrected chi connectivity index (χ2v) is 4.89. The third-order valence-corrected chi connectivity index (χ3v) is 3.28. The van der Waals surface area contributed by atoms with Crippen LogP contribution in [-0.4, -0.2) is 24.2 Å². The van der Waals surface area contributed by atoms with Crippen LogP contribution in [0.15, 0.2) is 49.6 Å². The Bertz CT molecular complexity index is 687. The first kappa shape index (κ1) is 12.5. The summed E-state index contributed by atoms with van der Waals surface area (Å²) in [6.07, 6.45) is 10.9. The van der Waals surface area contributed by atoms with Crippen molar-refractivity contribution in [1.29, 1.82) is 0 Å². The molecule has 5 heteroatoms. The van der Waals surface area contributed by atoms with Gasteiger partial charge in [-0.3, -0.25) is 0 Å². The van der Waals surface area contributed by atoms with Gasteiger partial charge in [0.05, 0.1) is 19.2 Å². The Morgan fingerprint density at radius 2 is 1.65 bits per heavy atom. The molecule has 0 unspecified atom stereocenters. The maximum Gasteiger partial charge on any atom is 0.123 e. The van der Waals surface area contributed by atoms with Gasteiger partial charge in [-0.1, -0.05) is 6.07 Å². The van der Waals surface area contributed by atoms with Gasteiger partial charge < -0.3 is 14.2 Å². The number of nitrogens with zero attached hydrogens (tertiary/aromatic N) is 4. The maximum atomic E-state index is 10.2. The molecule has 0 amide bonds. The van der Waals surface area contributed by atoms with E-state index >= 15 is 0 Å². The van der Waals surface area contributed by atoms with E-state index in [1.165, 1.54) is 0 Å². The van der Waals surface area contributed by atoms with E-state index in [1.54, 1.807) is 25.0 Å². The third-order valence-electron chi connectivity index (χ3n) is 3.28. The van der Waals surface area contributed by atoms with E-state index in [9.17, 15) is 5.11 Å². The first-order valence-corrected chi connectivity index (χ1v) is 6.45. The molecular formula is C15H16N4O. The highest BCUT2D eigenvalue weighted by Gasteiger charge is 2.08. The zero-order chi connectivity index (χ0) is 13.9. The Labute approximate surface area is 117 Å². The topological polar surface area (TPSA) is 55.9 Å². The summed E-state index contributed by atoms with van der Waals surface area (Å²) in [7, 11) is 0. The molecule has 0 radical (unpaired) electrons. The lowest BCUT2D eigenvalue weighted by Crippen LogP contribution is -2.02. The standard InChI is InChI=1S/C15H16N4O/c1-12-6-13(8-18-4-2-16-10-18)7-14(15(12)20)9-19-5-3-17-11-19/h2-7,10-11,20H,8-9H2,1H3. The summed E-state index contributed by atoms with van der Waals surface area (Å²) in [5.41, 5.74) is 2.93. The zero-order valence-electron chi connectivity index (χ0n) is 11.3. The second kappa shape index (κ2) is 5.21. The van der Waals surface area contributed by atoms with E-state index in [0.717, 1.165) is 23.2 Å². The van der Waals surface area contributed by atoms with Gasteiger partial charge in [0.25, 0.3) is 0 Å². The molecule has 0 atom stereocenters. The minimum atomic E-state index is 0.355. The molecule has 2 heterocycles. The van der Waals surface area contributed by atoms with E-state index in [0.29, 0.717) is 12.3 Å². The van der Waals surface area contributed by atoms with E-state index in [-0.39, 0.29) is 0 Å². The van der Waals surface area contributed by atoms with E-state index < -0.39 is 0 Å². The highest BCUT2D eigenvalue weighted by atomic mass is 16.3. The number of aromatic hydroxyl groups is 1. The summed E-state index contributed by atoms with van der Waals surface area (Å²) in [6, 6.07) is 4.04. The second-order valence-electron chi connectivity index (χ2n) is 4.89. The summed E-state index contributed by atoms with van der Waals surface area (Å²) in [5.74, 6) is 0.355. The number of hydrogen-bond acceptors (Lipinski definition) is 3. The minimum absolute atomic E-state index is 0.355. The molecule has 20 heavy (non-hydrogen) atoms. The van der Waals surface area contributed by atoms with Crippen molar-refractivity contribution in [3.8, 4) is 5.75 Å². The molecule has 3 rings (SSSR count). The maximum absolute atomic E-state index is 10.2. The summed E-state index contributed by atoms with van der Waals surface area (Å²) >= 11 is 0.